The number of nitrogens with zero attached hydrogens (tertiary/aromatic N) is 2. The van der Waals surface area contributed by atoms with Gasteiger partial charge in [-0.05, 0) is 19.1 Å². The Balaban J connectivity index is 2.39. The molecule has 2 rings (SSSR count). The minimum Gasteiger partial charge on any atom is -0.324 e. The second-order valence-corrected chi connectivity index (χ2v) is 5.72. The molecule has 4 nitrogen and oxygen atoms in total. The van der Waals surface area contributed by atoms with Gasteiger partial charge in [0.2, 0.25) is 5.91 Å². The van der Waals surface area contributed by atoms with Gasteiger partial charge in [-0.3, -0.25) is 4.79 Å². The van der Waals surface area contributed by atoms with Gasteiger partial charge in [-0.1, -0.05) is 23.7 Å². The molecule has 27 heavy (non-hydrogen) atoms. The van der Waals surface area contributed by atoms with E-state index >= 15 is 0 Å². The maximum absolute atomic E-state index is 13.2. The smallest absolute Gasteiger partial charge is 0.324 e. The largest absolute Gasteiger partial charge is 0.418 e. The number of para-hydroxylation sites is 1. The number of anilines is 1. The van der Waals surface area contributed by atoms with Gasteiger partial charge in [0.05, 0.1) is 16.3 Å². The average Bonchev–Trinajstić information content (AvgIpc) is 2.91. The lowest BCUT2D eigenvalue weighted by Crippen LogP contribution is -2.27. The Labute approximate surface area is 152 Å². The van der Waals surface area contributed by atoms with Crippen molar-refractivity contribution >= 4 is 23.2 Å². The Hall–Kier alpha value is -2.30. The molecule has 1 N–H and O–H groups in total. The van der Waals surface area contributed by atoms with E-state index in [9.17, 15) is 35.5 Å². The van der Waals surface area contributed by atoms with Crippen LogP contribution in [0.25, 0.3) is 0 Å². The summed E-state index contributed by atoms with van der Waals surface area (Å²) in [6.07, 6.45) is -11.4. The van der Waals surface area contributed by atoms with Crippen LogP contribution in [-0.2, 0) is 11.0 Å². The minimum atomic E-state index is -4.78. The second-order valence-electron chi connectivity index (χ2n) is 5.34. The van der Waals surface area contributed by atoms with E-state index in [1.807, 2.05) is 5.32 Å². The molecule has 1 heterocycles. The van der Waals surface area contributed by atoms with E-state index in [1.165, 1.54) is 6.07 Å². The molecule has 1 unspecified atom stereocenters. The highest BCUT2D eigenvalue weighted by Crippen LogP contribution is 2.37. The second kappa shape index (κ2) is 7.75. The molecule has 0 saturated carbocycles. The zero-order valence-corrected chi connectivity index (χ0v) is 14.1. The summed E-state index contributed by atoms with van der Waals surface area (Å²) in [5.74, 6) is -1.17. The van der Waals surface area contributed by atoms with Gasteiger partial charge in [-0.2, -0.15) is 18.3 Å². The predicted molar refractivity (Wildman–Crippen MR) is 81.9 cm³/mol. The average molecular weight is 418 g/mol. The number of benzene rings is 1. The molecule has 0 aliphatic rings. The van der Waals surface area contributed by atoms with Crippen LogP contribution in [0.5, 0.6) is 0 Å². The highest BCUT2D eigenvalue weighted by molar-refractivity contribution is 6.32. The van der Waals surface area contributed by atoms with Crippen molar-refractivity contribution in [2.75, 3.05) is 5.32 Å². The monoisotopic (exact) mass is 417 g/mol. The summed E-state index contributed by atoms with van der Waals surface area (Å²) in [5, 5.41) is 4.18. The fraction of sp³-hybridized carbons (Fsp3) is 0.333. The Morgan fingerprint density at radius 3 is 2.26 bits per heavy atom. The summed E-state index contributed by atoms with van der Waals surface area (Å²) < 4.78 is 91.2. The highest BCUT2D eigenvalue weighted by atomic mass is 35.5. The SMILES string of the molecule is CC(C(=O)Nc1ccccc1C(F)(F)F)n1nc(C(F)F)c(Cl)c1C(F)F. The number of nitrogens with one attached hydrogen (secondary N) is 1. The van der Waals surface area contributed by atoms with E-state index in [-0.39, 0.29) is 4.68 Å². The lowest BCUT2D eigenvalue weighted by Gasteiger charge is -2.18. The van der Waals surface area contributed by atoms with Gasteiger partial charge in [0.25, 0.3) is 12.9 Å². The van der Waals surface area contributed by atoms with Gasteiger partial charge in [-0.25, -0.2) is 22.2 Å². The first kappa shape index (κ1) is 21.0. The summed E-state index contributed by atoms with van der Waals surface area (Å²) in [7, 11) is 0. The van der Waals surface area contributed by atoms with Crippen LogP contribution in [0.15, 0.2) is 24.3 Å². The first-order chi connectivity index (χ1) is 12.4. The van der Waals surface area contributed by atoms with Gasteiger partial charge in [-0.15, -0.1) is 0 Å². The van der Waals surface area contributed by atoms with Gasteiger partial charge in [0, 0.05) is 0 Å². The number of rotatable bonds is 5. The molecule has 0 aliphatic heterocycles. The Morgan fingerprint density at radius 2 is 1.74 bits per heavy atom. The molecule has 0 radical (unpaired) electrons. The molecule has 1 atom stereocenters. The maximum atomic E-state index is 13.2. The van der Waals surface area contributed by atoms with Crippen LogP contribution in [0.2, 0.25) is 5.02 Å². The van der Waals surface area contributed by atoms with Crippen molar-refractivity contribution < 1.29 is 35.5 Å². The lowest BCUT2D eigenvalue weighted by molar-refractivity contribution is -0.137. The molecular weight excluding hydrogens is 407 g/mol. The molecule has 0 fully saturated rings. The van der Waals surface area contributed by atoms with Crippen LogP contribution in [0, 0.1) is 0 Å². The lowest BCUT2D eigenvalue weighted by atomic mass is 10.1. The highest BCUT2D eigenvalue weighted by Gasteiger charge is 2.35. The topological polar surface area (TPSA) is 46.9 Å². The van der Waals surface area contributed by atoms with Crippen molar-refractivity contribution in [3.8, 4) is 0 Å². The molecule has 1 amide bonds. The third-order valence-corrected chi connectivity index (χ3v) is 3.95. The third kappa shape index (κ3) is 4.34. The summed E-state index contributed by atoms with van der Waals surface area (Å²) in [6.45, 7) is 1.01. The number of alkyl halides is 7. The van der Waals surface area contributed by atoms with E-state index < -0.39 is 58.6 Å². The number of hydrogen-bond acceptors (Lipinski definition) is 2. The Bertz CT molecular complexity index is 835. The molecule has 0 bridgehead atoms. The summed E-state index contributed by atoms with van der Waals surface area (Å²) in [5.41, 5.74) is -4.06. The van der Waals surface area contributed by atoms with Crippen LogP contribution >= 0.6 is 11.6 Å². The number of aromatic nitrogens is 2. The van der Waals surface area contributed by atoms with Gasteiger partial charge >= 0.3 is 6.18 Å². The van der Waals surface area contributed by atoms with E-state index in [0.717, 1.165) is 19.1 Å². The number of carbonyl (C=O) groups is 1. The van der Waals surface area contributed by atoms with Gasteiger partial charge in [0.15, 0.2) is 0 Å². The molecular formula is C15H11ClF7N3O. The van der Waals surface area contributed by atoms with Crippen molar-refractivity contribution in [2.24, 2.45) is 0 Å². The van der Waals surface area contributed by atoms with Crippen molar-refractivity contribution in [1.82, 2.24) is 9.78 Å². The Morgan fingerprint density at radius 1 is 1.15 bits per heavy atom. The molecule has 2 aromatic rings. The van der Waals surface area contributed by atoms with Gasteiger partial charge in [0.1, 0.15) is 17.4 Å². The van der Waals surface area contributed by atoms with Crippen LogP contribution in [-0.4, -0.2) is 15.7 Å². The van der Waals surface area contributed by atoms with E-state index in [2.05, 4.69) is 5.10 Å². The van der Waals surface area contributed by atoms with Crippen molar-refractivity contribution in [1.29, 1.82) is 0 Å². The zero-order valence-electron chi connectivity index (χ0n) is 13.4. The van der Waals surface area contributed by atoms with E-state index in [1.54, 1.807) is 0 Å². The summed E-state index contributed by atoms with van der Waals surface area (Å²) >= 11 is 5.49. The molecule has 0 spiro atoms. The maximum Gasteiger partial charge on any atom is 0.418 e. The third-order valence-electron chi connectivity index (χ3n) is 3.56. The molecule has 148 valence electrons. The summed E-state index contributed by atoms with van der Waals surface area (Å²) in [4.78, 5) is 12.2. The standard InChI is InChI=1S/C15H11ClF7N3O/c1-6(26-11(13(19)20)9(16)10(25-26)12(17)18)14(27)24-8-5-3-2-4-7(8)15(21,22)23/h2-6,12-13H,1H3,(H,24,27). The van der Waals surface area contributed by atoms with Crippen molar-refractivity contribution in [3.05, 3.63) is 46.2 Å². The minimum absolute atomic E-state index is 0.278. The number of carbonyl (C=O) groups excluding carboxylic acids is 1. The van der Waals surface area contributed by atoms with Crippen LogP contribution in [0.4, 0.5) is 36.4 Å². The first-order valence-corrected chi connectivity index (χ1v) is 7.64. The van der Waals surface area contributed by atoms with E-state index in [4.69, 9.17) is 11.6 Å². The van der Waals surface area contributed by atoms with Gasteiger partial charge < -0.3 is 5.32 Å². The first-order valence-electron chi connectivity index (χ1n) is 7.26. The fourth-order valence-electron chi connectivity index (χ4n) is 2.26. The van der Waals surface area contributed by atoms with Crippen LogP contribution in [0.1, 0.15) is 42.8 Å². The molecule has 1 aromatic heterocycles. The number of hydrogen-bond donors (Lipinski definition) is 1. The summed E-state index contributed by atoms with van der Waals surface area (Å²) in [6, 6.07) is 2.35. The molecule has 0 aliphatic carbocycles. The zero-order chi connectivity index (χ0) is 20.5. The van der Waals surface area contributed by atoms with Crippen LogP contribution in [0.3, 0.4) is 0 Å². The number of halogens is 8. The molecule has 0 saturated heterocycles. The van der Waals surface area contributed by atoms with Crippen LogP contribution < -0.4 is 5.32 Å². The number of amides is 1. The molecule has 1 aromatic carbocycles. The normalized spacial score (nSPS) is 13.3. The van der Waals surface area contributed by atoms with Crippen molar-refractivity contribution in [2.45, 2.75) is 32.0 Å². The Kier molecular flexibility index (Phi) is 6.03. The quantitative estimate of drug-likeness (QED) is 0.641. The fourth-order valence-corrected chi connectivity index (χ4v) is 2.55. The van der Waals surface area contributed by atoms with Crippen molar-refractivity contribution in [3.63, 3.8) is 0 Å². The van der Waals surface area contributed by atoms with E-state index in [0.29, 0.717) is 6.07 Å². The molecule has 12 heteroatoms. The predicted octanol–water partition coefficient (Wildman–Crippen LogP) is 5.63.